The maximum Gasteiger partial charge on any atom is 0.246 e. The molecule has 2 aliphatic rings. The molecule has 2 N–H and O–H groups in total. The monoisotopic (exact) mass is 363 g/mol. The second kappa shape index (κ2) is 8.55. The predicted octanol–water partition coefficient (Wildman–Crippen LogP) is 2.86. The summed E-state index contributed by atoms with van der Waals surface area (Å²) in [6, 6.07) is 0. The van der Waals surface area contributed by atoms with Crippen molar-refractivity contribution in [2.24, 2.45) is 11.8 Å². The van der Waals surface area contributed by atoms with E-state index in [2.05, 4.69) is 22.1 Å². The summed E-state index contributed by atoms with van der Waals surface area (Å²) in [5.41, 5.74) is -1.17. The van der Waals surface area contributed by atoms with Crippen LogP contribution >= 0.6 is 0 Å². The number of carbonyl (C=O) groups excluding carboxylic acids is 2. The van der Waals surface area contributed by atoms with E-state index in [-0.39, 0.29) is 29.2 Å². The van der Waals surface area contributed by atoms with Crippen molar-refractivity contribution in [2.75, 3.05) is 19.6 Å². The molecule has 0 aromatic carbocycles. The number of likely N-dealkylation sites (tertiary alicyclic amines) is 1. The molecule has 5 heteroatoms. The van der Waals surface area contributed by atoms with Gasteiger partial charge in [0.1, 0.15) is 5.54 Å². The molecule has 0 bridgehead atoms. The Morgan fingerprint density at radius 3 is 2.42 bits per heavy atom. The first-order chi connectivity index (χ1) is 12.2. The maximum absolute atomic E-state index is 13.4. The van der Waals surface area contributed by atoms with Crippen LogP contribution in [0.5, 0.6) is 0 Å². The third kappa shape index (κ3) is 5.32. The minimum Gasteiger partial charge on any atom is -0.349 e. The van der Waals surface area contributed by atoms with Gasteiger partial charge in [-0.15, -0.1) is 6.58 Å². The van der Waals surface area contributed by atoms with Gasteiger partial charge in [-0.2, -0.15) is 0 Å². The standard InChI is InChI=1S/C21H37N3O2/c1-6-17-9-10-18(11-14-24-12-7-8-13-24)21(15-17,22-16(2)25)19(26)23-20(3,4)5/h6,17-18H,1,7-15H2,2-5H3,(H,22,25)(H,23,26)/t17-,18?,21?/m1/s1. The Morgan fingerprint density at radius 2 is 1.88 bits per heavy atom. The van der Waals surface area contributed by atoms with E-state index in [1.165, 1.54) is 19.8 Å². The number of nitrogens with zero attached hydrogens (tertiary/aromatic N) is 1. The van der Waals surface area contributed by atoms with E-state index in [4.69, 9.17) is 0 Å². The Balaban J connectivity index is 2.25. The highest BCUT2D eigenvalue weighted by Crippen LogP contribution is 2.40. The molecule has 26 heavy (non-hydrogen) atoms. The highest BCUT2D eigenvalue weighted by molar-refractivity contribution is 5.92. The van der Waals surface area contributed by atoms with Crippen molar-refractivity contribution in [3.05, 3.63) is 12.7 Å². The second-order valence-corrected chi connectivity index (χ2v) is 9.17. The van der Waals surface area contributed by atoms with Gasteiger partial charge in [0.2, 0.25) is 11.8 Å². The Kier molecular flexibility index (Phi) is 6.89. The number of hydrogen-bond acceptors (Lipinski definition) is 3. The fraction of sp³-hybridized carbons (Fsp3) is 0.810. The van der Waals surface area contributed by atoms with Crippen LogP contribution in [0.1, 0.15) is 66.2 Å². The minimum atomic E-state index is -0.837. The summed E-state index contributed by atoms with van der Waals surface area (Å²) in [6.07, 6.45) is 8.05. The zero-order valence-corrected chi connectivity index (χ0v) is 17.1. The van der Waals surface area contributed by atoms with Gasteiger partial charge >= 0.3 is 0 Å². The van der Waals surface area contributed by atoms with Gasteiger partial charge in [-0.25, -0.2) is 0 Å². The van der Waals surface area contributed by atoms with Crippen LogP contribution in [0.4, 0.5) is 0 Å². The van der Waals surface area contributed by atoms with Crippen molar-refractivity contribution >= 4 is 11.8 Å². The van der Waals surface area contributed by atoms with Crippen LogP contribution in [0.25, 0.3) is 0 Å². The molecule has 0 radical (unpaired) electrons. The van der Waals surface area contributed by atoms with E-state index in [1.54, 1.807) is 0 Å². The summed E-state index contributed by atoms with van der Waals surface area (Å²) in [6.45, 7) is 14.7. The fourth-order valence-corrected chi connectivity index (χ4v) is 4.53. The van der Waals surface area contributed by atoms with Crippen molar-refractivity contribution in [1.82, 2.24) is 15.5 Å². The summed E-state index contributed by atoms with van der Waals surface area (Å²) < 4.78 is 0. The summed E-state index contributed by atoms with van der Waals surface area (Å²) in [4.78, 5) is 27.9. The van der Waals surface area contributed by atoms with E-state index in [0.717, 1.165) is 38.9 Å². The highest BCUT2D eigenvalue weighted by Gasteiger charge is 2.50. The molecular formula is C21H37N3O2. The zero-order chi connectivity index (χ0) is 19.4. The fourth-order valence-electron chi connectivity index (χ4n) is 4.53. The van der Waals surface area contributed by atoms with Crippen LogP contribution in [-0.2, 0) is 9.59 Å². The summed E-state index contributed by atoms with van der Waals surface area (Å²) in [7, 11) is 0. The Hall–Kier alpha value is -1.36. The molecule has 1 aliphatic heterocycles. The lowest BCUT2D eigenvalue weighted by Crippen LogP contribution is -2.67. The van der Waals surface area contributed by atoms with E-state index in [1.807, 2.05) is 26.8 Å². The lowest BCUT2D eigenvalue weighted by molar-refractivity contribution is -0.139. The number of rotatable bonds is 6. The van der Waals surface area contributed by atoms with Gasteiger partial charge in [-0.3, -0.25) is 9.59 Å². The van der Waals surface area contributed by atoms with Gasteiger partial charge in [-0.1, -0.05) is 6.08 Å². The summed E-state index contributed by atoms with van der Waals surface area (Å²) in [5, 5.41) is 6.23. The van der Waals surface area contributed by atoms with E-state index >= 15 is 0 Å². The minimum absolute atomic E-state index is 0.0434. The van der Waals surface area contributed by atoms with Gasteiger partial charge in [0, 0.05) is 12.5 Å². The van der Waals surface area contributed by atoms with E-state index in [0.29, 0.717) is 6.42 Å². The van der Waals surface area contributed by atoms with Crippen molar-refractivity contribution in [2.45, 2.75) is 77.3 Å². The van der Waals surface area contributed by atoms with Gasteiger partial charge in [0.05, 0.1) is 0 Å². The van der Waals surface area contributed by atoms with Crippen molar-refractivity contribution in [3.8, 4) is 0 Å². The second-order valence-electron chi connectivity index (χ2n) is 9.17. The van der Waals surface area contributed by atoms with Crippen LogP contribution < -0.4 is 10.6 Å². The maximum atomic E-state index is 13.4. The first-order valence-electron chi connectivity index (χ1n) is 10.1. The molecule has 2 rings (SSSR count). The van der Waals surface area contributed by atoms with Gasteiger partial charge in [0.25, 0.3) is 0 Å². The normalized spacial score (nSPS) is 30.0. The molecule has 3 atom stereocenters. The lowest BCUT2D eigenvalue weighted by Gasteiger charge is -2.47. The molecule has 2 amide bonds. The van der Waals surface area contributed by atoms with Crippen LogP contribution in [0.3, 0.4) is 0 Å². The third-order valence-corrected chi connectivity index (χ3v) is 5.79. The average Bonchev–Trinajstić information content (AvgIpc) is 3.04. The molecule has 1 heterocycles. The Bertz CT molecular complexity index is 520. The van der Waals surface area contributed by atoms with Crippen LogP contribution in [0.2, 0.25) is 0 Å². The molecule has 5 nitrogen and oxygen atoms in total. The molecular weight excluding hydrogens is 326 g/mol. The van der Waals surface area contributed by atoms with Crippen molar-refractivity contribution in [3.63, 3.8) is 0 Å². The molecule has 1 aliphatic carbocycles. The van der Waals surface area contributed by atoms with Gasteiger partial charge in [-0.05, 0) is 90.8 Å². The quantitative estimate of drug-likeness (QED) is 0.714. The molecule has 2 unspecified atom stereocenters. The number of hydrogen-bond donors (Lipinski definition) is 2. The van der Waals surface area contributed by atoms with Crippen molar-refractivity contribution in [1.29, 1.82) is 0 Å². The number of allylic oxidation sites excluding steroid dienone is 1. The largest absolute Gasteiger partial charge is 0.349 e. The molecule has 0 aromatic rings. The molecule has 1 saturated carbocycles. The highest BCUT2D eigenvalue weighted by atomic mass is 16.2. The first kappa shape index (κ1) is 20.9. The lowest BCUT2D eigenvalue weighted by atomic mass is 9.66. The SMILES string of the molecule is C=C[C@@H]1CCC(CCN2CCCC2)C(NC(C)=O)(C(=O)NC(C)(C)C)C1. The van der Waals surface area contributed by atoms with E-state index < -0.39 is 5.54 Å². The predicted molar refractivity (Wildman–Crippen MR) is 106 cm³/mol. The zero-order valence-electron chi connectivity index (χ0n) is 17.1. The molecule has 148 valence electrons. The third-order valence-electron chi connectivity index (χ3n) is 5.79. The molecule has 0 spiro atoms. The first-order valence-corrected chi connectivity index (χ1v) is 10.1. The molecule has 2 fully saturated rings. The van der Waals surface area contributed by atoms with Crippen LogP contribution in [0, 0.1) is 11.8 Å². The average molecular weight is 364 g/mol. The molecule has 0 aromatic heterocycles. The Labute approximate surface area is 159 Å². The summed E-state index contributed by atoms with van der Waals surface area (Å²) in [5.74, 6) is 0.240. The summed E-state index contributed by atoms with van der Waals surface area (Å²) >= 11 is 0. The van der Waals surface area contributed by atoms with Crippen molar-refractivity contribution < 1.29 is 9.59 Å². The van der Waals surface area contributed by atoms with E-state index in [9.17, 15) is 9.59 Å². The molecule has 1 saturated heterocycles. The number of carbonyl (C=O) groups is 2. The number of amides is 2. The van der Waals surface area contributed by atoms with Gasteiger partial charge in [0.15, 0.2) is 0 Å². The van der Waals surface area contributed by atoms with Crippen LogP contribution in [0.15, 0.2) is 12.7 Å². The Morgan fingerprint density at radius 1 is 1.23 bits per heavy atom. The smallest absolute Gasteiger partial charge is 0.246 e. The van der Waals surface area contributed by atoms with Crippen LogP contribution in [-0.4, -0.2) is 47.4 Å². The topological polar surface area (TPSA) is 61.4 Å². The van der Waals surface area contributed by atoms with Gasteiger partial charge < -0.3 is 15.5 Å². The number of nitrogens with one attached hydrogen (secondary N) is 2.